The van der Waals surface area contributed by atoms with Gasteiger partial charge in [0.1, 0.15) is 35.6 Å². The van der Waals surface area contributed by atoms with Gasteiger partial charge in [-0.05, 0) is 6.92 Å². The first-order valence-electron chi connectivity index (χ1n) is 7.31. The van der Waals surface area contributed by atoms with Gasteiger partial charge in [-0.3, -0.25) is 4.79 Å². The quantitative estimate of drug-likeness (QED) is 0.433. The molecule has 10 heteroatoms. The Morgan fingerprint density at radius 1 is 1.48 bits per heavy atom. The maximum absolute atomic E-state index is 11.7. The Bertz CT molecular complexity index is 827. The lowest BCUT2D eigenvalue weighted by atomic mass is 10.1. The number of carbonyl (C=O) groups excluding carboxylic acids is 1. The summed E-state index contributed by atoms with van der Waals surface area (Å²) < 4.78 is 14.8. The second-order valence-electron chi connectivity index (χ2n) is 5.24. The van der Waals surface area contributed by atoms with Crippen LogP contribution in [0.3, 0.4) is 0 Å². The van der Waals surface area contributed by atoms with E-state index in [2.05, 4.69) is 9.97 Å². The molecule has 4 atom stereocenters. The third-order valence-electron chi connectivity index (χ3n) is 3.70. The number of aryl methyl sites for hydroxylation is 1. The van der Waals surface area contributed by atoms with Gasteiger partial charge < -0.3 is 36.1 Å². The second kappa shape index (κ2) is 5.42. The zero-order valence-electron chi connectivity index (χ0n) is 13.2. The maximum Gasteiger partial charge on any atom is 0.251 e. The zero-order valence-corrected chi connectivity index (χ0v) is 12.2. The molecule has 23 heavy (non-hydrogen) atoms. The first-order valence-corrected chi connectivity index (χ1v) is 6.81. The summed E-state index contributed by atoms with van der Waals surface area (Å²) in [6, 6.07) is 0. The SMILES string of the molecule is [2H]C1(n2cc(C(N)=O)c3c(N)nc(C)nc32)OC(CO)C(O)C1O. The van der Waals surface area contributed by atoms with Crippen molar-refractivity contribution in [3.05, 3.63) is 17.6 Å². The van der Waals surface area contributed by atoms with E-state index < -0.39 is 37.0 Å². The Morgan fingerprint density at radius 3 is 2.74 bits per heavy atom. The molecule has 3 heterocycles. The van der Waals surface area contributed by atoms with Crippen molar-refractivity contribution in [1.82, 2.24) is 14.5 Å². The molecule has 1 aliphatic heterocycles. The number of nitrogens with zero attached hydrogens (tertiary/aromatic N) is 3. The van der Waals surface area contributed by atoms with Gasteiger partial charge in [-0.1, -0.05) is 0 Å². The van der Waals surface area contributed by atoms with E-state index in [0.29, 0.717) is 0 Å². The van der Waals surface area contributed by atoms with E-state index >= 15 is 0 Å². The smallest absolute Gasteiger partial charge is 0.251 e. The number of rotatable bonds is 3. The van der Waals surface area contributed by atoms with Crippen LogP contribution in [-0.4, -0.2) is 60.7 Å². The van der Waals surface area contributed by atoms with Crippen molar-refractivity contribution in [2.24, 2.45) is 5.73 Å². The topological polar surface area (TPSA) is 170 Å². The van der Waals surface area contributed by atoms with Crippen LogP contribution in [0.15, 0.2) is 6.20 Å². The minimum atomic E-state index is -2.23. The van der Waals surface area contributed by atoms with Crippen LogP contribution in [0.4, 0.5) is 5.82 Å². The Morgan fingerprint density at radius 2 is 2.17 bits per heavy atom. The number of nitrogens with two attached hydrogens (primary N) is 2. The Labute approximate surface area is 131 Å². The normalized spacial score (nSPS) is 31.5. The van der Waals surface area contributed by atoms with Crippen LogP contribution >= 0.6 is 0 Å². The number of aliphatic hydroxyl groups excluding tert-OH is 3. The monoisotopic (exact) mass is 324 g/mol. The van der Waals surface area contributed by atoms with E-state index in [9.17, 15) is 20.1 Å². The van der Waals surface area contributed by atoms with Gasteiger partial charge in [-0.15, -0.1) is 0 Å². The number of anilines is 1. The molecule has 1 aliphatic rings. The number of primary amides is 1. The standard InChI is InChI=1S/C13H17N5O5/c1-4-16-10(14)7-5(11(15)22)2-18(12(7)17-4)13-9(21)8(20)6(3-19)23-13/h2,6,8-9,13,19-21H,3H2,1H3,(H2,15,22)(H2,14,16,17)/i13D. The minimum absolute atomic E-state index is 0.0135. The molecule has 124 valence electrons. The van der Waals surface area contributed by atoms with Crippen LogP contribution in [-0.2, 0) is 4.74 Å². The van der Waals surface area contributed by atoms with Crippen molar-refractivity contribution in [3.8, 4) is 0 Å². The predicted molar refractivity (Wildman–Crippen MR) is 78.2 cm³/mol. The summed E-state index contributed by atoms with van der Waals surface area (Å²) in [4.78, 5) is 19.8. The summed E-state index contributed by atoms with van der Waals surface area (Å²) in [6.07, 6.45) is -5.44. The van der Waals surface area contributed by atoms with Crippen LogP contribution in [0.25, 0.3) is 11.0 Å². The van der Waals surface area contributed by atoms with Crippen LogP contribution in [0.5, 0.6) is 0 Å². The lowest BCUT2D eigenvalue weighted by Gasteiger charge is -2.17. The van der Waals surface area contributed by atoms with Gasteiger partial charge >= 0.3 is 0 Å². The summed E-state index contributed by atoms with van der Waals surface area (Å²) in [5.74, 6) is -0.570. The van der Waals surface area contributed by atoms with Crippen LogP contribution in [0.2, 0.25) is 0 Å². The molecule has 0 aliphatic carbocycles. The van der Waals surface area contributed by atoms with Crippen molar-refractivity contribution >= 4 is 22.8 Å². The third kappa shape index (κ3) is 2.32. The molecule has 1 fully saturated rings. The number of hydrogen-bond acceptors (Lipinski definition) is 8. The zero-order chi connectivity index (χ0) is 17.8. The summed E-state index contributed by atoms with van der Waals surface area (Å²) in [7, 11) is 0. The summed E-state index contributed by atoms with van der Waals surface area (Å²) in [5, 5.41) is 29.5. The van der Waals surface area contributed by atoms with Gasteiger partial charge in [0.15, 0.2) is 6.20 Å². The number of amides is 1. The molecule has 0 aromatic carbocycles. The van der Waals surface area contributed by atoms with Gasteiger partial charge in [0, 0.05) is 6.20 Å². The first kappa shape index (κ1) is 14.3. The number of fused-ring (bicyclic) bond motifs is 1. The van der Waals surface area contributed by atoms with Crippen molar-refractivity contribution in [1.29, 1.82) is 0 Å². The van der Waals surface area contributed by atoms with Crippen molar-refractivity contribution in [2.75, 3.05) is 12.3 Å². The molecule has 0 bridgehead atoms. The molecule has 10 nitrogen and oxygen atoms in total. The highest BCUT2D eigenvalue weighted by atomic mass is 16.6. The summed E-state index contributed by atoms with van der Waals surface area (Å²) in [5.41, 5.74) is 11.2. The average molecular weight is 324 g/mol. The molecule has 0 spiro atoms. The van der Waals surface area contributed by atoms with Gasteiger partial charge in [0.05, 0.1) is 18.9 Å². The molecule has 0 saturated carbocycles. The van der Waals surface area contributed by atoms with Gasteiger partial charge in [-0.25, -0.2) is 9.97 Å². The van der Waals surface area contributed by atoms with Crippen LogP contribution in [0.1, 0.15) is 23.8 Å². The minimum Gasteiger partial charge on any atom is -0.394 e. The number of hydrogen-bond donors (Lipinski definition) is 5. The number of aliphatic hydroxyl groups is 3. The second-order valence-corrected chi connectivity index (χ2v) is 5.24. The summed E-state index contributed by atoms with van der Waals surface area (Å²) >= 11 is 0. The van der Waals surface area contributed by atoms with Crippen LogP contribution in [0, 0.1) is 6.92 Å². The fraction of sp³-hybridized carbons (Fsp3) is 0.462. The van der Waals surface area contributed by atoms with Crippen LogP contribution < -0.4 is 11.5 Å². The molecule has 1 saturated heterocycles. The van der Waals surface area contributed by atoms with E-state index in [-0.39, 0.29) is 28.2 Å². The molecule has 2 aromatic heterocycles. The molecule has 2 aromatic rings. The highest BCUT2D eigenvalue weighted by Crippen LogP contribution is 2.34. The molecular formula is C13H17N5O5. The lowest BCUT2D eigenvalue weighted by molar-refractivity contribution is -0.0509. The van der Waals surface area contributed by atoms with E-state index in [1.807, 2.05) is 0 Å². The average Bonchev–Trinajstić information content (AvgIpc) is 3.00. The van der Waals surface area contributed by atoms with Gasteiger partial charge in [-0.2, -0.15) is 0 Å². The van der Waals surface area contributed by atoms with E-state index in [1.54, 1.807) is 6.92 Å². The Balaban J connectivity index is 2.29. The summed E-state index contributed by atoms with van der Waals surface area (Å²) in [6.45, 7) is 0.960. The fourth-order valence-corrected chi connectivity index (χ4v) is 2.61. The number of nitrogen functional groups attached to an aromatic ring is 1. The van der Waals surface area contributed by atoms with Crippen molar-refractivity contribution in [3.63, 3.8) is 0 Å². The van der Waals surface area contributed by atoms with Crippen molar-refractivity contribution in [2.45, 2.75) is 31.4 Å². The highest BCUT2D eigenvalue weighted by Gasteiger charge is 2.44. The maximum atomic E-state index is 11.7. The Hall–Kier alpha value is -2.27. The number of ether oxygens (including phenoxy) is 1. The third-order valence-corrected chi connectivity index (χ3v) is 3.70. The molecule has 3 rings (SSSR count). The van der Waals surface area contributed by atoms with Gasteiger partial charge in [0.25, 0.3) is 5.91 Å². The number of carbonyl (C=O) groups is 1. The van der Waals surface area contributed by atoms with Gasteiger partial charge in [0.2, 0.25) is 0 Å². The molecule has 4 unspecified atom stereocenters. The first-order chi connectivity index (χ1) is 11.2. The highest BCUT2D eigenvalue weighted by molar-refractivity contribution is 6.08. The predicted octanol–water partition coefficient (Wildman–Crippen LogP) is -1.97. The number of aromatic nitrogens is 3. The Kier molecular flexibility index (Phi) is 3.38. The van der Waals surface area contributed by atoms with E-state index in [4.69, 9.17) is 17.6 Å². The molecule has 7 N–H and O–H groups in total. The van der Waals surface area contributed by atoms with E-state index in [0.717, 1.165) is 4.57 Å². The molecule has 1 amide bonds. The fourth-order valence-electron chi connectivity index (χ4n) is 2.61. The molecule has 0 radical (unpaired) electrons. The lowest BCUT2D eigenvalue weighted by Crippen LogP contribution is -2.33. The molecular weight excluding hydrogens is 306 g/mol. The largest absolute Gasteiger partial charge is 0.394 e. The van der Waals surface area contributed by atoms with E-state index in [1.165, 1.54) is 6.20 Å². The van der Waals surface area contributed by atoms with Crippen molar-refractivity contribution < 1.29 is 26.2 Å².